The highest BCUT2D eigenvalue weighted by Crippen LogP contribution is 2.32. The first-order valence-corrected chi connectivity index (χ1v) is 11.6. The Morgan fingerprint density at radius 1 is 1.10 bits per heavy atom. The standard InChI is InChI=1S/C24H28N4OS/c1-16-15-21-19(7-8-23(29)25-21)17(2)18(16)9-10-27-11-13-28(14-12-27)24-20-5-3-4-6-22(20)30-26-24/h3-6,15H,7-14H2,1-2H3,(H,25,29). The minimum atomic E-state index is 0.139. The van der Waals surface area contributed by atoms with Gasteiger partial charge in [0.15, 0.2) is 0 Å². The van der Waals surface area contributed by atoms with Crippen LogP contribution in [0.5, 0.6) is 0 Å². The SMILES string of the molecule is Cc1cc2c(c(C)c1CCN1CCN(c3nsc4ccccc34)CC1)CCC(=O)N2. The maximum Gasteiger partial charge on any atom is 0.224 e. The van der Waals surface area contributed by atoms with Gasteiger partial charge in [0.25, 0.3) is 0 Å². The molecule has 1 saturated heterocycles. The van der Waals surface area contributed by atoms with Crippen molar-refractivity contribution in [2.75, 3.05) is 42.9 Å². The van der Waals surface area contributed by atoms with E-state index in [1.807, 2.05) is 0 Å². The van der Waals surface area contributed by atoms with E-state index in [0.717, 1.165) is 57.1 Å². The minimum absolute atomic E-state index is 0.139. The van der Waals surface area contributed by atoms with Crippen molar-refractivity contribution in [2.24, 2.45) is 0 Å². The van der Waals surface area contributed by atoms with Crippen molar-refractivity contribution in [3.05, 3.63) is 52.6 Å². The Hall–Kier alpha value is -2.44. The van der Waals surface area contributed by atoms with Gasteiger partial charge in [0.05, 0.1) is 4.70 Å². The number of anilines is 2. The zero-order chi connectivity index (χ0) is 20.7. The summed E-state index contributed by atoms with van der Waals surface area (Å²) in [5, 5.41) is 4.33. The molecule has 156 valence electrons. The van der Waals surface area contributed by atoms with Gasteiger partial charge >= 0.3 is 0 Å². The normalized spacial score (nSPS) is 17.3. The number of aryl methyl sites for hydroxylation is 1. The summed E-state index contributed by atoms with van der Waals surface area (Å²) in [7, 11) is 0. The van der Waals surface area contributed by atoms with Crippen molar-refractivity contribution in [1.82, 2.24) is 9.27 Å². The lowest BCUT2D eigenvalue weighted by Crippen LogP contribution is -2.47. The van der Waals surface area contributed by atoms with E-state index in [1.165, 1.54) is 32.3 Å². The Morgan fingerprint density at radius 2 is 1.90 bits per heavy atom. The van der Waals surface area contributed by atoms with E-state index in [2.05, 4.69) is 59.3 Å². The average molecular weight is 421 g/mol. The van der Waals surface area contributed by atoms with E-state index >= 15 is 0 Å². The predicted molar refractivity (Wildman–Crippen MR) is 125 cm³/mol. The Kier molecular flexibility index (Phi) is 5.21. The van der Waals surface area contributed by atoms with Gasteiger partial charge in [-0.25, -0.2) is 0 Å². The molecule has 2 aliphatic heterocycles. The number of rotatable bonds is 4. The van der Waals surface area contributed by atoms with Crippen LogP contribution in [0.25, 0.3) is 10.1 Å². The van der Waals surface area contributed by atoms with Crippen LogP contribution in [0, 0.1) is 13.8 Å². The van der Waals surface area contributed by atoms with Crippen LogP contribution in [0.1, 0.15) is 28.7 Å². The van der Waals surface area contributed by atoms with Gasteiger partial charge in [-0.15, -0.1) is 0 Å². The van der Waals surface area contributed by atoms with Crippen molar-refractivity contribution in [2.45, 2.75) is 33.1 Å². The lowest BCUT2D eigenvalue weighted by molar-refractivity contribution is -0.116. The number of fused-ring (bicyclic) bond motifs is 2. The molecule has 0 atom stereocenters. The van der Waals surface area contributed by atoms with E-state index in [1.54, 1.807) is 11.5 Å². The van der Waals surface area contributed by atoms with Crippen LogP contribution >= 0.6 is 11.5 Å². The van der Waals surface area contributed by atoms with Crippen LogP contribution in [-0.4, -0.2) is 47.9 Å². The average Bonchev–Trinajstić information content (AvgIpc) is 3.18. The smallest absolute Gasteiger partial charge is 0.224 e. The monoisotopic (exact) mass is 420 g/mol. The van der Waals surface area contributed by atoms with Gasteiger partial charge in [-0.2, -0.15) is 4.37 Å². The molecule has 5 nitrogen and oxygen atoms in total. The zero-order valence-electron chi connectivity index (χ0n) is 17.7. The fourth-order valence-corrected chi connectivity index (χ4v) is 5.69. The Balaban J connectivity index is 1.23. The van der Waals surface area contributed by atoms with Crippen LogP contribution in [0.15, 0.2) is 30.3 Å². The third-order valence-electron chi connectivity index (χ3n) is 6.65. The molecule has 0 spiro atoms. The molecular weight excluding hydrogens is 392 g/mol. The molecule has 1 amide bonds. The number of aromatic nitrogens is 1. The third kappa shape index (κ3) is 3.59. The molecule has 0 bridgehead atoms. The van der Waals surface area contributed by atoms with Gasteiger partial charge in [-0.3, -0.25) is 9.69 Å². The highest BCUT2D eigenvalue weighted by molar-refractivity contribution is 7.13. The quantitative estimate of drug-likeness (QED) is 0.688. The molecule has 6 heteroatoms. The molecule has 0 radical (unpaired) electrons. The molecule has 30 heavy (non-hydrogen) atoms. The first kappa shape index (κ1) is 19.5. The third-order valence-corrected chi connectivity index (χ3v) is 7.47. The van der Waals surface area contributed by atoms with Gasteiger partial charge < -0.3 is 10.2 Å². The van der Waals surface area contributed by atoms with Gasteiger partial charge in [0.2, 0.25) is 5.91 Å². The molecule has 0 unspecified atom stereocenters. The van der Waals surface area contributed by atoms with Crippen LogP contribution < -0.4 is 10.2 Å². The summed E-state index contributed by atoms with van der Waals surface area (Å²) in [6.45, 7) is 9.69. The molecule has 2 aromatic carbocycles. The molecule has 2 aliphatic rings. The maximum atomic E-state index is 11.7. The Labute approximate surface area is 181 Å². The fourth-order valence-electron chi connectivity index (χ4n) is 4.89. The number of carbonyl (C=O) groups is 1. The van der Waals surface area contributed by atoms with Crippen molar-refractivity contribution in [3.63, 3.8) is 0 Å². The number of amides is 1. The van der Waals surface area contributed by atoms with Crippen LogP contribution in [0.2, 0.25) is 0 Å². The van der Waals surface area contributed by atoms with Crippen molar-refractivity contribution >= 4 is 39.0 Å². The molecular formula is C24H28N4OS. The second kappa shape index (κ2) is 8.00. The Morgan fingerprint density at radius 3 is 2.73 bits per heavy atom. The highest BCUT2D eigenvalue weighted by atomic mass is 32.1. The largest absolute Gasteiger partial charge is 0.353 e. The van der Waals surface area contributed by atoms with E-state index in [9.17, 15) is 4.79 Å². The maximum absolute atomic E-state index is 11.7. The number of hydrogen-bond donors (Lipinski definition) is 1. The minimum Gasteiger partial charge on any atom is -0.353 e. The first-order valence-electron chi connectivity index (χ1n) is 10.8. The summed E-state index contributed by atoms with van der Waals surface area (Å²) < 4.78 is 5.99. The molecule has 3 heterocycles. The number of hydrogen-bond acceptors (Lipinski definition) is 5. The van der Waals surface area contributed by atoms with Crippen molar-refractivity contribution in [3.8, 4) is 0 Å². The van der Waals surface area contributed by atoms with Gasteiger partial charge in [-0.1, -0.05) is 12.1 Å². The van der Waals surface area contributed by atoms with E-state index in [4.69, 9.17) is 4.37 Å². The number of piperazine rings is 1. The zero-order valence-corrected chi connectivity index (χ0v) is 18.5. The topological polar surface area (TPSA) is 48.5 Å². The fraction of sp³-hybridized carbons (Fsp3) is 0.417. The predicted octanol–water partition coefficient (Wildman–Crippen LogP) is 4.16. The van der Waals surface area contributed by atoms with Gasteiger partial charge in [0.1, 0.15) is 5.82 Å². The first-order chi connectivity index (χ1) is 14.6. The lowest BCUT2D eigenvalue weighted by Gasteiger charge is -2.35. The summed E-state index contributed by atoms with van der Waals surface area (Å²) >= 11 is 1.60. The second-order valence-electron chi connectivity index (χ2n) is 8.45. The summed E-state index contributed by atoms with van der Waals surface area (Å²) in [5.41, 5.74) is 6.47. The Bertz CT molecular complexity index is 1100. The molecule has 0 saturated carbocycles. The van der Waals surface area contributed by atoms with Crippen LogP contribution in [-0.2, 0) is 17.6 Å². The van der Waals surface area contributed by atoms with Crippen molar-refractivity contribution < 1.29 is 4.79 Å². The molecule has 0 aliphatic carbocycles. The lowest BCUT2D eigenvalue weighted by atomic mass is 9.89. The van der Waals surface area contributed by atoms with Crippen LogP contribution in [0.3, 0.4) is 0 Å². The van der Waals surface area contributed by atoms with E-state index in [-0.39, 0.29) is 5.91 Å². The van der Waals surface area contributed by atoms with Gasteiger partial charge in [-0.05, 0) is 78.7 Å². The van der Waals surface area contributed by atoms with Crippen LogP contribution in [0.4, 0.5) is 11.5 Å². The summed E-state index contributed by atoms with van der Waals surface area (Å²) in [6.07, 6.45) is 2.53. The van der Waals surface area contributed by atoms with Gasteiger partial charge in [0, 0.05) is 50.2 Å². The molecule has 1 fully saturated rings. The summed E-state index contributed by atoms with van der Waals surface area (Å²) in [5.74, 6) is 1.29. The highest BCUT2D eigenvalue weighted by Gasteiger charge is 2.23. The number of nitrogens with zero attached hydrogens (tertiary/aromatic N) is 3. The molecule has 5 rings (SSSR count). The second-order valence-corrected chi connectivity index (χ2v) is 9.26. The number of benzene rings is 2. The molecule has 1 N–H and O–H groups in total. The summed E-state index contributed by atoms with van der Waals surface area (Å²) in [6, 6.07) is 10.7. The number of carbonyl (C=O) groups excluding carboxylic acids is 1. The number of nitrogens with one attached hydrogen (secondary N) is 1. The van der Waals surface area contributed by atoms with E-state index < -0.39 is 0 Å². The van der Waals surface area contributed by atoms with E-state index in [0.29, 0.717) is 6.42 Å². The van der Waals surface area contributed by atoms with Crippen molar-refractivity contribution in [1.29, 1.82) is 0 Å². The molecule has 3 aromatic rings. The molecule has 1 aromatic heterocycles. The summed E-state index contributed by atoms with van der Waals surface area (Å²) in [4.78, 5) is 16.7.